The number of hydrogen-bond acceptors (Lipinski definition) is 23. The zero-order chi connectivity index (χ0) is 47.0. The summed E-state index contributed by atoms with van der Waals surface area (Å²) >= 11 is 0. The average molecular weight is 985 g/mol. The second-order valence-electron chi connectivity index (χ2n) is 14.7. The molecule has 3 aromatic rings. The van der Waals surface area contributed by atoms with Crippen LogP contribution >= 0.6 is 37.2 Å². The van der Waals surface area contributed by atoms with Crippen LogP contribution in [0.4, 0.5) is 16.4 Å². The molecule has 0 bridgehead atoms. The van der Waals surface area contributed by atoms with Crippen LogP contribution in [-0.2, 0) is 46.4 Å². The second kappa shape index (κ2) is 21.9. The average Bonchev–Trinajstić information content (AvgIpc) is 3.86. The number of phosphoric acid groups is 2. The number of aromatic nitrogens is 6. The quantitative estimate of drug-likeness (QED) is 0.0149. The number of anilines is 2. The number of carbonyl (C=O) groups is 2. The van der Waals surface area contributed by atoms with Gasteiger partial charge in [0.15, 0.2) is 36.8 Å². The van der Waals surface area contributed by atoms with Gasteiger partial charge in [0.1, 0.15) is 48.2 Å². The van der Waals surface area contributed by atoms with Gasteiger partial charge >= 0.3 is 33.4 Å². The van der Waals surface area contributed by atoms with Crippen molar-refractivity contribution in [3.8, 4) is 0 Å². The molecule has 2 aliphatic rings. The van der Waals surface area contributed by atoms with E-state index in [1.807, 2.05) is 20.8 Å². The van der Waals surface area contributed by atoms with E-state index < -0.39 is 102 Å². The SMILES string of the molecule is CC(C)(C)SSCCN(CCCC(=O)OC1C(COP(=O)(O)O[C@H]2[C@@H](O)[C@H](n3ccc(N)nc3=O)O[C@@H]2COP(=O)(O)O)OC(n2cnc3c(N)ncnc32)C1O)C(=O)OCN=[N+]=[N-]. The van der Waals surface area contributed by atoms with E-state index in [1.54, 1.807) is 10.8 Å². The van der Waals surface area contributed by atoms with Crippen molar-refractivity contribution in [2.45, 2.75) is 87.4 Å². The van der Waals surface area contributed by atoms with E-state index >= 15 is 0 Å². The van der Waals surface area contributed by atoms with Gasteiger partial charge in [-0.25, -0.2) is 33.7 Å². The first kappa shape index (κ1) is 50.8. The van der Waals surface area contributed by atoms with Gasteiger partial charge in [-0.3, -0.25) is 27.5 Å². The van der Waals surface area contributed by atoms with Crippen LogP contribution in [0.2, 0.25) is 0 Å². The Morgan fingerprint density at radius 3 is 2.36 bits per heavy atom. The van der Waals surface area contributed by atoms with E-state index in [1.165, 1.54) is 32.7 Å². The van der Waals surface area contributed by atoms with Crippen molar-refractivity contribution in [2.75, 3.05) is 50.3 Å². The van der Waals surface area contributed by atoms with Gasteiger partial charge in [0.2, 0.25) is 0 Å². The number of fused-ring (bicyclic) bond motifs is 1. The van der Waals surface area contributed by atoms with Gasteiger partial charge in [0, 0.05) is 41.1 Å². The van der Waals surface area contributed by atoms with E-state index in [0.717, 1.165) is 17.1 Å². The van der Waals surface area contributed by atoms with E-state index in [0.29, 0.717) is 5.75 Å². The maximum atomic E-state index is 13.5. The Morgan fingerprint density at radius 2 is 1.69 bits per heavy atom. The topological polar surface area (TPSA) is 417 Å². The fourth-order valence-electron chi connectivity index (χ4n) is 6.13. The molecule has 1 amide bonds. The number of amides is 1. The van der Waals surface area contributed by atoms with Crippen molar-refractivity contribution in [3.05, 3.63) is 45.8 Å². The number of nitrogens with zero attached hydrogens (tertiary/aromatic N) is 10. The molecule has 5 rings (SSSR count). The van der Waals surface area contributed by atoms with Gasteiger partial charge in [-0.05, 0) is 18.0 Å². The van der Waals surface area contributed by atoms with Crippen molar-refractivity contribution in [3.63, 3.8) is 0 Å². The molecule has 0 saturated carbocycles. The summed E-state index contributed by atoms with van der Waals surface area (Å²) in [5.74, 6) is -0.612. The third-order valence-corrected chi connectivity index (χ3v) is 13.7. The molecule has 354 valence electrons. The first-order valence-corrected chi connectivity index (χ1v) is 24.1. The molecule has 9 atom stereocenters. The highest BCUT2D eigenvalue weighted by Crippen LogP contribution is 2.50. The molecule has 0 spiro atoms. The van der Waals surface area contributed by atoms with Crippen LogP contribution in [0.5, 0.6) is 0 Å². The lowest BCUT2D eigenvalue weighted by atomic mass is 10.1. The Labute approximate surface area is 369 Å². The van der Waals surface area contributed by atoms with Gasteiger partial charge in [-0.15, -0.1) is 0 Å². The maximum absolute atomic E-state index is 13.5. The molecule has 2 aliphatic heterocycles. The van der Waals surface area contributed by atoms with Gasteiger partial charge in [0.05, 0.1) is 19.5 Å². The molecule has 9 N–H and O–H groups in total. The number of aliphatic hydroxyl groups excluding tert-OH is 2. The summed E-state index contributed by atoms with van der Waals surface area (Å²) in [5, 5.41) is 25.9. The summed E-state index contributed by atoms with van der Waals surface area (Å²) in [6.07, 6.45) is -11.3. The van der Waals surface area contributed by atoms with Gasteiger partial charge in [-0.2, -0.15) is 4.98 Å². The number of nitrogen functional groups attached to an aromatic ring is 2. The van der Waals surface area contributed by atoms with Crippen LogP contribution in [0, 0.1) is 0 Å². The van der Waals surface area contributed by atoms with E-state index in [4.69, 9.17) is 45.0 Å². The summed E-state index contributed by atoms with van der Waals surface area (Å²) in [5.41, 5.74) is 19.2. The molecular formula is C31H46N12O17P2S2. The number of carbonyl (C=O) groups excluding carboxylic acids is 2. The number of azide groups is 1. The number of rotatable bonds is 21. The minimum absolute atomic E-state index is 0.00171. The van der Waals surface area contributed by atoms with Gasteiger partial charge in [0.25, 0.3) is 0 Å². The predicted molar refractivity (Wildman–Crippen MR) is 222 cm³/mol. The van der Waals surface area contributed by atoms with Crippen LogP contribution in [0.25, 0.3) is 21.6 Å². The molecule has 3 aromatic heterocycles. The molecule has 5 unspecified atom stereocenters. The molecule has 2 fully saturated rings. The lowest BCUT2D eigenvalue weighted by Gasteiger charge is -2.25. The normalized spacial score (nSPS) is 24.6. The highest BCUT2D eigenvalue weighted by atomic mass is 33.1. The first-order chi connectivity index (χ1) is 30.1. The van der Waals surface area contributed by atoms with Crippen LogP contribution < -0.4 is 17.2 Å². The molecule has 29 nitrogen and oxygen atoms in total. The zero-order valence-corrected chi connectivity index (χ0v) is 37.5. The van der Waals surface area contributed by atoms with Crippen LogP contribution in [0.1, 0.15) is 46.1 Å². The van der Waals surface area contributed by atoms with Crippen molar-refractivity contribution in [2.24, 2.45) is 5.11 Å². The zero-order valence-electron chi connectivity index (χ0n) is 34.1. The molecule has 0 aromatic carbocycles. The lowest BCUT2D eigenvalue weighted by molar-refractivity contribution is -0.156. The number of aliphatic hydroxyl groups is 2. The third-order valence-electron chi connectivity index (χ3n) is 8.87. The molecule has 0 aliphatic carbocycles. The monoisotopic (exact) mass is 984 g/mol. The summed E-state index contributed by atoms with van der Waals surface area (Å²) < 4.78 is 64.1. The first-order valence-electron chi connectivity index (χ1n) is 18.8. The van der Waals surface area contributed by atoms with Crippen molar-refractivity contribution >= 4 is 72.1 Å². The van der Waals surface area contributed by atoms with E-state index in [9.17, 15) is 48.4 Å². The fraction of sp³-hybridized carbons (Fsp3) is 0.645. The Hall–Kier alpha value is -4.16. The minimum Gasteiger partial charge on any atom is -0.457 e. The second-order valence-corrected chi connectivity index (χ2v) is 20.6. The molecule has 2 saturated heterocycles. The molecule has 33 heteroatoms. The Morgan fingerprint density at radius 1 is 1.02 bits per heavy atom. The Bertz CT molecular complexity index is 2310. The van der Waals surface area contributed by atoms with Crippen molar-refractivity contribution < 1.29 is 76.1 Å². The molecule has 64 heavy (non-hydrogen) atoms. The highest BCUT2D eigenvalue weighted by molar-refractivity contribution is 8.77. The van der Waals surface area contributed by atoms with Crippen molar-refractivity contribution in [1.29, 1.82) is 0 Å². The van der Waals surface area contributed by atoms with Crippen molar-refractivity contribution in [1.82, 2.24) is 34.0 Å². The largest absolute Gasteiger partial charge is 0.472 e. The Balaban J connectivity index is 1.31. The maximum Gasteiger partial charge on any atom is 0.472 e. The number of hydrogen-bond donors (Lipinski definition) is 7. The summed E-state index contributed by atoms with van der Waals surface area (Å²) in [7, 11) is -7.46. The number of nitrogens with two attached hydrogens (primary N) is 2. The molecule has 5 heterocycles. The van der Waals surface area contributed by atoms with E-state index in [-0.39, 0.29) is 53.5 Å². The predicted octanol–water partition coefficient (Wildman–Crippen LogP) is 0.954. The standard InChI is InChI=1S/C31H46N12O17P2S2/c1-31(2,3)64-63-10-9-41(30(48)54-15-38-40-34)7-4-5-19(44)59-23-16(57-28(21(23)45)43-14-37-20-25(33)35-13-36-26(20)43)12-56-62(52,53)60-24-17(11-55-61(49,50)51)58-27(22(24)46)42-8-6-18(32)39-29(42)47/h6,8,13-14,16-17,21-24,27-28,45-46H,4-5,7,9-12,15H2,1-3H3,(H,52,53)(H2,32,39,47)(H2,33,35,36)(H2,49,50,51)/t16?,17-,21?,22-,23?,24-,27-,28?/m1/s1. The van der Waals surface area contributed by atoms with Crippen LogP contribution in [0.3, 0.4) is 0 Å². The fourth-order valence-corrected chi connectivity index (χ4v) is 9.70. The van der Waals surface area contributed by atoms with E-state index in [2.05, 4.69) is 34.5 Å². The smallest absolute Gasteiger partial charge is 0.457 e. The van der Waals surface area contributed by atoms with Gasteiger partial charge < -0.3 is 60.2 Å². The highest BCUT2D eigenvalue weighted by Gasteiger charge is 2.52. The number of esters is 1. The minimum atomic E-state index is -5.40. The molecular weight excluding hydrogens is 938 g/mol. The van der Waals surface area contributed by atoms with Crippen LogP contribution in [0.15, 0.2) is 34.8 Å². The third kappa shape index (κ3) is 13.9. The number of imidazole rings is 1. The molecule has 0 radical (unpaired) electrons. The summed E-state index contributed by atoms with van der Waals surface area (Å²) in [6.45, 7) is 3.76. The number of phosphoric ester groups is 2. The summed E-state index contributed by atoms with van der Waals surface area (Å²) in [4.78, 5) is 87.7. The Kier molecular flexibility index (Phi) is 17.4. The van der Waals surface area contributed by atoms with Crippen LogP contribution in [-0.4, -0.2) is 151 Å². The lowest BCUT2D eigenvalue weighted by Crippen LogP contribution is -2.39. The van der Waals surface area contributed by atoms with Gasteiger partial charge in [-0.1, -0.05) is 47.5 Å². The summed E-state index contributed by atoms with van der Waals surface area (Å²) in [6, 6.07) is 1.17. The number of ether oxygens (including phenoxy) is 4.